The minimum absolute atomic E-state index is 1.54. The molecule has 0 fully saturated rings. The minimum Gasteiger partial charge on any atom is -0.394 e. The molecule has 0 spiro atoms. The van der Waals surface area contributed by atoms with E-state index in [0.29, 0.717) is 0 Å². The lowest BCUT2D eigenvalue weighted by molar-refractivity contribution is 0.0485. The summed E-state index contributed by atoms with van der Waals surface area (Å²) >= 11 is 0. The van der Waals surface area contributed by atoms with Crippen molar-refractivity contribution in [1.82, 2.24) is 0 Å². The van der Waals surface area contributed by atoms with Crippen LogP contribution in [0.3, 0.4) is 0 Å². The van der Waals surface area contributed by atoms with Gasteiger partial charge >= 0.3 is 9.05 Å². The predicted octanol–water partition coefficient (Wildman–Crippen LogP) is 1.21. The Morgan fingerprint density at radius 3 is 1.17 bits per heavy atom. The first-order valence-electron chi connectivity index (χ1n) is 3.75. The summed E-state index contributed by atoms with van der Waals surface area (Å²) in [6.07, 6.45) is 0. The van der Waals surface area contributed by atoms with Crippen LogP contribution >= 0.6 is 0 Å². The molecular formula is C6H18O4Si2. The van der Waals surface area contributed by atoms with Crippen LogP contribution in [-0.2, 0) is 17.4 Å². The molecule has 4 nitrogen and oxygen atoms in total. The molecule has 0 bridgehead atoms. The van der Waals surface area contributed by atoms with E-state index in [1.165, 1.54) is 0 Å². The standard InChI is InChI=1S/C6H18O4Si2/c1-7-12(8-2,9-3)10-11(4,5)6/h1-6H3. The van der Waals surface area contributed by atoms with Crippen LogP contribution in [0.15, 0.2) is 0 Å². The molecule has 0 aliphatic rings. The molecule has 6 heteroatoms. The fourth-order valence-electron chi connectivity index (χ4n) is 0.750. The third kappa shape index (κ3) is 3.79. The van der Waals surface area contributed by atoms with E-state index >= 15 is 0 Å². The topological polar surface area (TPSA) is 36.9 Å². The van der Waals surface area contributed by atoms with E-state index in [2.05, 4.69) is 19.6 Å². The monoisotopic (exact) mass is 210 g/mol. The van der Waals surface area contributed by atoms with Crippen molar-refractivity contribution < 1.29 is 17.4 Å². The van der Waals surface area contributed by atoms with Crippen LogP contribution in [-0.4, -0.2) is 38.7 Å². The van der Waals surface area contributed by atoms with Gasteiger partial charge in [-0.3, -0.25) is 0 Å². The van der Waals surface area contributed by atoms with Crippen molar-refractivity contribution in [3.63, 3.8) is 0 Å². The summed E-state index contributed by atoms with van der Waals surface area (Å²) in [6, 6.07) is 0. The van der Waals surface area contributed by atoms with Crippen LogP contribution in [0.5, 0.6) is 0 Å². The molecule has 0 radical (unpaired) electrons. The molecule has 0 unspecified atom stereocenters. The normalized spacial score (nSPS) is 13.5. The highest BCUT2D eigenvalue weighted by atomic mass is 28.5. The van der Waals surface area contributed by atoms with E-state index in [1.54, 1.807) is 21.3 Å². The molecule has 74 valence electrons. The third-order valence-electron chi connectivity index (χ3n) is 1.18. The van der Waals surface area contributed by atoms with Crippen molar-refractivity contribution in [2.75, 3.05) is 21.3 Å². The second-order valence-corrected chi connectivity index (χ2v) is 10.6. The maximum absolute atomic E-state index is 5.68. The zero-order chi connectivity index (χ0) is 9.83. The molecule has 0 saturated heterocycles. The average molecular weight is 210 g/mol. The molecule has 0 amide bonds. The SMILES string of the molecule is CO[Si](OC)(OC)O[Si](C)(C)C. The lowest BCUT2D eigenvalue weighted by Crippen LogP contribution is -2.52. The Morgan fingerprint density at radius 1 is 0.750 bits per heavy atom. The molecule has 0 saturated carbocycles. The summed E-state index contributed by atoms with van der Waals surface area (Å²) in [4.78, 5) is 0. The second kappa shape index (κ2) is 4.49. The van der Waals surface area contributed by atoms with E-state index in [9.17, 15) is 0 Å². The maximum atomic E-state index is 5.68. The molecular weight excluding hydrogens is 192 g/mol. The van der Waals surface area contributed by atoms with Crippen molar-refractivity contribution in [2.24, 2.45) is 0 Å². The van der Waals surface area contributed by atoms with Crippen molar-refractivity contribution >= 4 is 17.4 Å². The van der Waals surface area contributed by atoms with E-state index in [-0.39, 0.29) is 0 Å². The van der Waals surface area contributed by atoms with Gasteiger partial charge in [0.15, 0.2) is 8.32 Å². The van der Waals surface area contributed by atoms with E-state index < -0.39 is 17.4 Å². The highest BCUT2D eigenvalue weighted by Gasteiger charge is 2.45. The Balaban J connectivity index is 4.30. The predicted molar refractivity (Wildman–Crippen MR) is 51.2 cm³/mol. The summed E-state index contributed by atoms with van der Waals surface area (Å²) in [6.45, 7) is 6.18. The van der Waals surface area contributed by atoms with Crippen molar-refractivity contribution in [2.45, 2.75) is 19.6 Å². The first kappa shape index (κ1) is 12.3. The van der Waals surface area contributed by atoms with Crippen LogP contribution in [0, 0.1) is 0 Å². The largest absolute Gasteiger partial charge is 0.668 e. The number of rotatable bonds is 5. The molecule has 0 aromatic carbocycles. The van der Waals surface area contributed by atoms with Crippen molar-refractivity contribution in [1.29, 1.82) is 0 Å². The minimum atomic E-state index is -2.79. The van der Waals surface area contributed by atoms with Gasteiger partial charge in [-0.15, -0.1) is 0 Å². The first-order chi connectivity index (χ1) is 5.39. The van der Waals surface area contributed by atoms with Gasteiger partial charge in [0.2, 0.25) is 0 Å². The Hall–Kier alpha value is 0.274. The molecule has 0 rings (SSSR count). The summed E-state index contributed by atoms with van der Waals surface area (Å²) in [5.41, 5.74) is 0. The third-order valence-corrected chi connectivity index (χ3v) is 6.13. The fraction of sp³-hybridized carbons (Fsp3) is 1.00. The Kier molecular flexibility index (Phi) is 4.60. The summed E-state index contributed by atoms with van der Waals surface area (Å²) in [5, 5.41) is 0. The Morgan fingerprint density at radius 2 is 1.08 bits per heavy atom. The quantitative estimate of drug-likeness (QED) is 0.639. The van der Waals surface area contributed by atoms with Gasteiger partial charge in [-0.25, -0.2) is 0 Å². The van der Waals surface area contributed by atoms with Crippen LogP contribution in [0.1, 0.15) is 0 Å². The van der Waals surface area contributed by atoms with E-state index in [4.69, 9.17) is 17.4 Å². The number of hydrogen-bond donors (Lipinski definition) is 0. The van der Waals surface area contributed by atoms with Crippen LogP contribution < -0.4 is 0 Å². The first-order valence-corrected chi connectivity index (χ1v) is 8.79. The average Bonchev–Trinajstić information content (AvgIpc) is 1.99. The Bertz CT molecular complexity index is 122. The molecule has 0 heterocycles. The van der Waals surface area contributed by atoms with E-state index in [0.717, 1.165) is 0 Å². The molecule has 0 aliphatic heterocycles. The lowest BCUT2D eigenvalue weighted by atomic mass is 11.8. The second-order valence-electron chi connectivity index (χ2n) is 3.33. The summed E-state index contributed by atoms with van der Waals surface area (Å²) in [7, 11) is 0.163. The van der Waals surface area contributed by atoms with Crippen molar-refractivity contribution in [3.05, 3.63) is 0 Å². The highest BCUT2D eigenvalue weighted by molar-refractivity contribution is 6.77. The zero-order valence-corrected chi connectivity index (χ0v) is 10.6. The van der Waals surface area contributed by atoms with Gasteiger partial charge in [0.1, 0.15) is 0 Å². The number of hydrogen-bond acceptors (Lipinski definition) is 4. The molecule has 0 aliphatic carbocycles. The lowest BCUT2D eigenvalue weighted by Gasteiger charge is -2.29. The fourth-order valence-corrected chi connectivity index (χ4v) is 5.25. The maximum Gasteiger partial charge on any atom is 0.668 e. The molecule has 0 N–H and O–H groups in total. The van der Waals surface area contributed by atoms with Gasteiger partial charge in [-0.2, -0.15) is 0 Å². The highest BCUT2D eigenvalue weighted by Crippen LogP contribution is 2.15. The van der Waals surface area contributed by atoms with Gasteiger partial charge in [-0.05, 0) is 19.6 Å². The van der Waals surface area contributed by atoms with E-state index in [1.807, 2.05) is 0 Å². The summed E-state index contributed by atoms with van der Waals surface area (Å²) < 4.78 is 21.0. The summed E-state index contributed by atoms with van der Waals surface area (Å²) in [5.74, 6) is 0. The Labute approximate surface area is 76.4 Å². The van der Waals surface area contributed by atoms with Gasteiger partial charge in [0.25, 0.3) is 0 Å². The molecule has 12 heavy (non-hydrogen) atoms. The van der Waals surface area contributed by atoms with Crippen LogP contribution in [0.25, 0.3) is 0 Å². The van der Waals surface area contributed by atoms with Gasteiger partial charge in [0, 0.05) is 21.3 Å². The van der Waals surface area contributed by atoms with Gasteiger partial charge in [0.05, 0.1) is 0 Å². The van der Waals surface area contributed by atoms with Crippen molar-refractivity contribution in [3.8, 4) is 0 Å². The van der Waals surface area contributed by atoms with Gasteiger partial charge in [-0.1, -0.05) is 0 Å². The molecule has 0 aromatic heterocycles. The van der Waals surface area contributed by atoms with Crippen LogP contribution in [0.4, 0.5) is 0 Å². The molecule has 0 atom stereocenters. The van der Waals surface area contributed by atoms with Crippen LogP contribution in [0.2, 0.25) is 19.6 Å². The smallest absolute Gasteiger partial charge is 0.394 e. The molecule has 0 aromatic rings. The van der Waals surface area contributed by atoms with Gasteiger partial charge < -0.3 is 17.4 Å². The zero-order valence-electron chi connectivity index (χ0n) is 8.63.